The Bertz CT molecular complexity index is 725. The number of nitrogens with zero attached hydrogens (tertiary/aromatic N) is 3. The fourth-order valence-corrected chi connectivity index (χ4v) is 1.87. The molecule has 0 unspecified atom stereocenters. The summed E-state index contributed by atoms with van der Waals surface area (Å²) in [5.74, 6) is -0.507. The molecule has 0 atom stereocenters. The molecule has 0 spiro atoms. The van der Waals surface area contributed by atoms with Crippen LogP contribution in [-0.4, -0.2) is 21.5 Å². The van der Waals surface area contributed by atoms with Gasteiger partial charge in [0.1, 0.15) is 23.5 Å². The average Bonchev–Trinajstić information content (AvgIpc) is 2.76. The first kappa shape index (κ1) is 14.8. The summed E-state index contributed by atoms with van der Waals surface area (Å²) in [6.07, 6.45) is 0.770. The Morgan fingerprint density at radius 3 is 2.86 bits per heavy atom. The van der Waals surface area contributed by atoms with E-state index in [0.717, 1.165) is 0 Å². The van der Waals surface area contributed by atoms with Crippen LogP contribution >= 0.6 is 0 Å². The molecule has 0 saturated carbocycles. The Labute approximate surface area is 121 Å². The fourth-order valence-electron chi connectivity index (χ4n) is 1.87. The number of carbonyl (C=O) groups excluding carboxylic acids is 1. The maximum absolute atomic E-state index is 13.9. The lowest BCUT2D eigenvalue weighted by molar-refractivity contribution is 0.0636. The lowest BCUT2D eigenvalue weighted by Crippen LogP contribution is -2.27. The molecule has 6 nitrogen and oxygen atoms in total. The van der Waals surface area contributed by atoms with Crippen molar-refractivity contribution in [3.05, 3.63) is 24.1 Å². The minimum atomic E-state index is -0.636. The van der Waals surface area contributed by atoms with E-state index in [1.807, 2.05) is 6.07 Å². The summed E-state index contributed by atoms with van der Waals surface area (Å²) < 4.78 is 20.3. The highest BCUT2D eigenvalue weighted by atomic mass is 19.1. The topological polar surface area (TPSA) is 79.9 Å². The predicted molar refractivity (Wildman–Crippen MR) is 75.2 cm³/mol. The number of nitrogens with one attached hydrogen (secondary N) is 1. The molecule has 0 aliphatic rings. The van der Waals surface area contributed by atoms with Crippen LogP contribution < -0.4 is 5.32 Å². The maximum atomic E-state index is 13.9. The highest BCUT2D eigenvalue weighted by Crippen LogP contribution is 2.26. The maximum Gasteiger partial charge on any atom is 0.412 e. The number of fused-ring (bicyclic) bond motifs is 1. The minimum absolute atomic E-state index is 0.0731. The third-order valence-corrected chi connectivity index (χ3v) is 2.61. The van der Waals surface area contributed by atoms with Gasteiger partial charge in [-0.3, -0.25) is 5.32 Å². The highest BCUT2D eigenvalue weighted by molar-refractivity contribution is 5.99. The van der Waals surface area contributed by atoms with Crippen LogP contribution in [0.1, 0.15) is 20.8 Å². The van der Waals surface area contributed by atoms with Crippen LogP contribution in [-0.2, 0) is 11.3 Å². The Hall–Kier alpha value is -2.62. The number of halogens is 1. The van der Waals surface area contributed by atoms with Gasteiger partial charge in [0.15, 0.2) is 0 Å². The summed E-state index contributed by atoms with van der Waals surface area (Å²) in [4.78, 5) is 11.8. The van der Waals surface area contributed by atoms with Crippen LogP contribution in [0.25, 0.3) is 10.9 Å². The third-order valence-electron chi connectivity index (χ3n) is 2.61. The third kappa shape index (κ3) is 3.28. The van der Waals surface area contributed by atoms with E-state index in [1.165, 1.54) is 23.0 Å². The number of rotatable bonds is 2. The largest absolute Gasteiger partial charge is 0.444 e. The number of anilines is 1. The zero-order valence-electron chi connectivity index (χ0n) is 12.0. The van der Waals surface area contributed by atoms with E-state index < -0.39 is 17.5 Å². The van der Waals surface area contributed by atoms with Gasteiger partial charge >= 0.3 is 6.09 Å². The Morgan fingerprint density at radius 1 is 1.52 bits per heavy atom. The van der Waals surface area contributed by atoms with E-state index in [2.05, 4.69) is 10.4 Å². The average molecular weight is 290 g/mol. The first-order valence-electron chi connectivity index (χ1n) is 6.33. The lowest BCUT2D eigenvalue weighted by Gasteiger charge is -2.19. The molecule has 1 aromatic heterocycles. The molecule has 21 heavy (non-hydrogen) atoms. The van der Waals surface area contributed by atoms with Gasteiger partial charge in [-0.05, 0) is 32.9 Å². The number of aromatic nitrogens is 2. The van der Waals surface area contributed by atoms with Crippen molar-refractivity contribution in [1.82, 2.24) is 9.78 Å². The smallest absolute Gasteiger partial charge is 0.412 e. The van der Waals surface area contributed by atoms with Gasteiger partial charge < -0.3 is 4.74 Å². The molecule has 2 rings (SSSR count). The molecule has 1 aromatic carbocycles. The molecule has 0 fully saturated rings. The van der Waals surface area contributed by atoms with Gasteiger partial charge in [-0.2, -0.15) is 10.4 Å². The molecule has 7 heteroatoms. The molecule has 0 saturated heterocycles. The highest BCUT2D eigenvalue weighted by Gasteiger charge is 2.18. The second kappa shape index (κ2) is 5.40. The number of carbonyl (C=O) groups is 1. The van der Waals surface area contributed by atoms with Gasteiger partial charge in [0, 0.05) is 5.39 Å². The standard InChI is InChI=1S/C14H15FN4O2/c1-14(2,3)21-13(20)18-11-5-4-10(15)12-9(11)8-17-19(12)7-6-16/h4-5,8H,7H2,1-3H3,(H,18,20). The summed E-state index contributed by atoms with van der Waals surface area (Å²) in [6.45, 7) is 5.17. The molecule has 110 valence electrons. The van der Waals surface area contributed by atoms with Crippen LogP contribution in [0, 0.1) is 17.1 Å². The van der Waals surface area contributed by atoms with Crippen molar-refractivity contribution in [2.45, 2.75) is 32.9 Å². The zero-order chi connectivity index (χ0) is 15.6. The zero-order valence-corrected chi connectivity index (χ0v) is 12.0. The summed E-state index contributed by atoms with van der Waals surface area (Å²) in [5.41, 5.74) is -0.0799. The van der Waals surface area contributed by atoms with Crippen molar-refractivity contribution < 1.29 is 13.9 Å². The number of nitriles is 1. The van der Waals surface area contributed by atoms with E-state index in [0.29, 0.717) is 11.1 Å². The van der Waals surface area contributed by atoms with E-state index in [-0.39, 0.29) is 12.1 Å². The van der Waals surface area contributed by atoms with Crippen LogP contribution in [0.2, 0.25) is 0 Å². The normalized spacial score (nSPS) is 11.2. The molecule has 1 heterocycles. The number of ether oxygens (including phenoxy) is 1. The molecule has 1 N–H and O–H groups in total. The number of hydrogen-bond acceptors (Lipinski definition) is 4. The summed E-state index contributed by atoms with van der Waals surface area (Å²) in [7, 11) is 0. The fraction of sp³-hybridized carbons (Fsp3) is 0.357. The number of benzene rings is 1. The lowest BCUT2D eigenvalue weighted by atomic mass is 10.2. The van der Waals surface area contributed by atoms with Gasteiger partial charge in [-0.15, -0.1) is 0 Å². The van der Waals surface area contributed by atoms with E-state index in [9.17, 15) is 9.18 Å². The molecular formula is C14H15FN4O2. The summed E-state index contributed by atoms with van der Waals surface area (Å²) in [6, 6.07) is 4.55. The van der Waals surface area contributed by atoms with E-state index in [1.54, 1.807) is 20.8 Å². The van der Waals surface area contributed by atoms with Crippen molar-refractivity contribution >= 4 is 22.7 Å². The van der Waals surface area contributed by atoms with Crippen molar-refractivity contribution in [2.75, 3.05) is 5.32 Å². The second-order valence-electron chi connectivity index (χ2n) is 5.44. The number of amides is 1. The van der Waals surface area contributed by atoms with Gasteiger partial charge in [0.05, 0.1) is 18.0 Å². The molecule has 1 amide bonds. The van der Waals surface area contributed by atoms with Crippen LogP contribution in [0.4, 0.5) is 14.9 Å². The van der Waals surface area contributed by atoms with Crippen molar-refractivity contribution in [2.24, 2.45) is 0 Å². The van der Waals surface area contributed by atoms with E-state index in [4.69, 9.17) is 10.00 Å². The Kier molecular flexibility index (Phi) is 3.80. The number of hydrogen-bond donors (Lipinski definition) is 1. The molecule has 0 radical (unpaired) electrons. The predicted octanol–water partition coefficient (Wildman–Crippen LogP) is 3.05. The first-order chi connectivity index (χ1) is 9.81. The van der Waals surface area contributed by atoms with Gasteiger partial charge in [0.25, 0.3) is 0 Å². The minimum Gasteiger partial charge on any atom is -0.444 e. The second-order valence-corrected chi connectivity index (χ2v) is 5.44. The van der Waals surface area contributed by atoms with Crippen molar-refractivity contribution in [1.29, 1.82) is 5.26 Å². The van der Waals surface area contributed by atoms with Crippen molar-refractivity contribution in [3.63, 3.8) is 0 Å². The summed E-state index contributed by atoms with van der Waals surface area (Å²) >= 11 is 0. The van der Waals surface area contributed by atoms with Gasteiger partial charge in [-0.1, -0.05) is 0 Å². The van der Waals surface area contributed by atoms with Gasteiger partial charge in [-0.25, -0.2) is 13.9 Å². The monoisotopic (exact) mass is 290 g/mol. The van der Waals surface area contributed by atoms with Crippen LogP contribution in [0.15, 0.2) is 18.3 Å². The molecule has 2 aromatic rings. The van der Waals surface area contributed by atoms with Crippen molar-refractivity contribution in [3.8, 4) is 6.07 Å². The molecule has 0 aliphatic carbocycles. The van der Waals surface area contributed by atoms with Gasteiger partial charge in [0.2, 0.25) is 0 Å². The molecule has 0 aliphatic heterocycles. The van der Waals surface area contributed by atoms with E-state index >= 15 is 0 Å². The Balaban J connectivity index is 2.36. The Morgan fingerprint density at radius 2 is 2.24 bits per heavy atom. The van der Waals surface area contributed by atoms with Crippen LogP contribution in [0.5, 0.6) is 0 Å². The quantitative estimate of drug-likeness (QED) is 0.921. The molecular weight excluding hydrogens is 275 g/mol. The molecule has 0 bridgehead atoms. The summed E-state index contributed by atoms with van der Waals surface area (Å²) in [5, 5.41) is 15.6. The first-order valence-corrected chi connectivity index (χ1v) is 6.33. The van der Waals surface area contributed by atoms with Crippen LogP contribution in [0.3, 0.4) is 0 Å². The SMILES string of the molecule is CC(C)(C)OC(=O)Nc1ccc(F)c2c1cnn2CC#N.